The zero-order valence-corrected chi connectivity index (χ0v) is 9.95. The van der Waals surface area contributed by atoms with Gasteiger partial charge in [0.05, 0.1) is 25.4 Å². The summed E-state index contributed by atoms with van der Waals surface area (Å²) in [5.74, 6) is 0. The van der Waals surface area contributed by atoms with Crippen molar-refractivity contribution in [3.05, 3.63) is 10.5 Å². The highest BCUT2D eigenvalue weighted by molar-refractivity contribution is 8.15. The maximum absolute atomic E-state index is 7.02. The maximum Gasteiger partial charge on any atom is 0.0700 e. The monoisotopic (exact) mass is 217 g/mol. The minimum absolute atomic E-state index is 0.641. The van der Waals surface area contributed by atoms with Crippen LogP contribution in [0.5, 0.6) is 0 Å². The molecule has 0 unspecified atom stereocenters. The summed E-state index contributed by atoms with van der Waals surface area (Å²) in [6, 6.07) is 0. The summed E-state index contributed by atoms with van der Waals surface area (Å²) in [5, 5.41) is 7.02. The van der Waals surface area contributed by atoms with Crippen molar-refractivity contribution in [2.75, 3.05) is 26.9 Å². The van der Waals surface area contributed by atoms with Crippen LogP contribution in [-0.4, -0.2) is 32.5 Å². The summed E-state index contributed by atoms with van der Waals surface area (Å²) in [6.45, 7) is 6.09. The molecule has 0 heterocycles. The van der Waals surface area contributed by atoms with Crippen LogP contribution >= 0.6 is 11.8 Å². The van der Waals surface area contributed by atoms with Gasteiger partial charge in [-0.05, 0) is 18.8 Å². The maximum atomic E-state index is 7.02. The van der Waals surface area contributed by atoms with E-state index in [1.807, 2.05) is 0 Å². The molecule has 82 valence electrons. The van der Waals surface area contributed by atoms with Crippen LogP contribution in [0.4, 0.5) is 0 Å². The minimum atomic E-state index is 0.641. The summed E-state index contributed by atoms with van der Waals surface area (Å²) in [4.78, 5) is 1.22. The fourth-order valence-electron chi connectivity index (χ4n) is 0.907. The third-order valence-electron chi connectivity index (χ3n) is 1.66. The summed E-state index contributed by atoms with van der Waals surface area (Å²) in [5.41, 5.74) is 2.62. The first kappa shape index (κ1) is 13.7. The summed E-state index contributed by atoms with van der Waals surface area (Å²) < 4.78 is 10.2. The first-order valence-corrected chi connectivity index (χ1v) is 5.49. The predicted octanol–water partition coefficient (Wildman–Crippen LogP) is 2.67. The zero-order chi connectivity index (χ0) is 10.8. The molecule has 0 spiro atoms. The Kier molecular flexibility index (Phi) is 9.03. The number of thioether (sulfide) groups is 1. The van der Waals surface area contributed by atoms with Crippen LogP contribution in [0.15, 0.2) is 10.5 Å². The van der Waals surface area contributed by atoms with Crippen LogP contribution in [-0.2, 0) is 9.47 Å². The van der Waals surface area contributed by atoms with Gasteiger partial charge in [-0.25, -0.2) is 0 Å². The quantitative estimate of drug-likeness (QED) is 0.386. The normalized spacial score (nSPS) is 9.93. The number of ether oxygens (including phenoxy) is 2. The van der Waals surface area contributed by atoms with Gasteiger partial charge in [-0.2, -0.15) is 0 Å². The molecule has 0 aliphatic carbocycles. The highest BCUT2D eigenvalue weighted by atomic mass is 32.2. The third kappa shape index (κ3) is 7.12. The molecule has 0 saturated carbocycles. The molecule has 0 rings (SSSR count). The molecule has 0 aromatic rings. The zero-order valence-electron chi connectivity index (χ0n) is 9.13. The Morgan fingerprint density at radius 1 is 1.29 bits per heavy atom. The first-order chi connectivity index (χ1) is 6.72. The Bertz CT molecular complexity index is 189. The van der Waals surface area contributed by atoms with Gasteiger partial charge in [0.1, 0.15) is 0 Å². The van der Waals surface area contributed by atoms with Gasteiger partial charge in [0.2, 0.25) is 0 Å². The fraction of sp³-hybridized carbons (Fsp3) is 0.700. The lowest BCUT2D eigenvalue weighted by atomic mass is 10.3. The van der Waals surface area contributed by atoms with E-state index >= 15 is 0 Å². The van der Waals surface area contributed by atoms with E-state index in [2.05, 4.69) is 13.8 Å². The second-order valence-electron chi connectivity index (χ2n) is 3.01. The average Bonchev–Trinajstić information content (AvgIpc) is 2.15. The Balaban J connectivity index is 3.63. The van der Waals surface area contributed by atoms with E-state index in [1.165, 1.54) is 27.8 Å². The summed E-state index contributed by atoms with van der Waals surface area (Å²) in [7, 11) is 1.66. The van der Waals surface area contributed by atoms with Gasteiger partial charge in [0.25, 0.3) is 0 Å². The van der Waals surface area contributed by atoms with Crippen LogP contribution in [0.2, 0.25) is 0 Å². The molecule has 0 atom stereocenters. The standard InChI is InChI=1S/C10H19NO2S/c1-9(2)10(14-8-11)4-5-13-7-6-12-3/h8,11H,4-7H2,1-3H3. The van der Waals surface area contributed by atoms with Gasteiger partial charge in [0, 0.05) is 13.5 Å². The Labute approximate surface area is 90.4 Å². The third-order valence-corrected chi connectivity index (χ3v) is 2.68. The molecule has 1 N–H and O–H groups in total. The van der Waals surface area contributed by atoms with Crippen LogP contribution in [0, 0.1) is 5.41 Å². The summed E-state index contributed by atoms with van der Waals surface area (Å²) in [6.07, 6.45) is 0.881. The van der Waals surface area contributed by atoms with Crippen molar-refractivity contribution < 1.29 is 9.47 Å². The van der Waals surface area contributed by atoms with Gasteiger partial charge >= 0.3 is 0 Å². The number of allylic oxidation sites excluding steroid dienone is 1. The lowest BCUT2D eigenvalue weighted by Crippen LogP contribution is -2.03. The molecule has 0 aromatic carbocycles. The van der Waals surface area contributed by atoms with E-state index in [1.54, 1.807) is 7.11 Å². The van der Waals surface area contributed by atoms with Crippen molar-refractivity contribution in [1.82, 2.24) is 0 Å². The predicted molar refractivity (Wildman–Crippen MR) is 62.1 cm³/mol. The van der Waals surface area contributed by atoms with Crippen molar-refractivity contribution in [2.24, 2.45) is 0 Å². The fourth-order valence-corrected chi connectivity index (χ4v) is 1.49. The van der Waals surface area contributed by atoms with Gasteiger partial charge in [-0.15, -0.1) is 0 Å². The van der Waals surface area contributed by atoms with Gasteiger partial charge in [0.15, 0.2) is 0 Å². The molecule has 0 amide bonds. The van der Waals surface area contributed by atoms with Gasteiger partial charge < -0.3 is 14.9 Å². The lowest BCUT2D eigenvalue weighted by molar-refractivity contribution is 0.0727. The largest absolute Gasteiger partial charge is 0.382 e. The molecule has 4 heteroatoms. The summed E-state index contributed by atoms with van der Waals surface area (Å²) >= 11 is 1.46. The Morgan fingerprint density at radius 2 is 2.00 bits per heavy atom. The molecule has 0 aliphatic rings. The van der Waals surface area contributed by atoms with E-state index < -0.39 is 0 Å². The van der Waals surface area contributed by atoms with E-state index in [0.29, 0.717) is 19.8 Å². The smallest absolute Gasteiger partial charge is 0.0700 e. The van der Waals surface area contributed by atoms with Crippen molar-refractivity contribution in [3.8, 4) is 0 Å². The van der Waals surface area contributed by atoms with Crippen LogP contribution < -0.4 is 0 Å². The molecule has 0 fully saturated rings. The number of hydrogen-bond donors (Lipinski definition) is 1. The van der Waals surface area contributed by atoms with Crippen LogP contribution in [0.3, 0.4) is 0 Å². The molecule has 0 aliphatic heterocycles. The van der Waals surface area contributed by atoms with Gasteiger partial charge in [-0.3, -0.25) is 0 Å². The lowest BCUT2D eigenvalue weighted by Gasteiger charge is -2.07. The molecule has 0 radical (unpaired) electrons. The van der Waals surface area contributed by atoms with E-state index in [-0.39, 0.29) is 0 Å². The van der Waals surface area contributed by atoms with Crippen molar-refractivity contribution >= 4 is 17.3 Å². The molecule has 0 aromatic heterocycles. The Hall–Kier alpha value is -0.320. The molecular formula is C10H19NO2S. The van der Waals surface area contributed by atoms with E-state index in [0.717, 1.165) is 6.42 Å². The molecule has 0 saturated heterocycles. The van der Waals surface area contributed by atoms with Gasteiger partial charge in [-0.1, -0.05) is 17.3 Å². The number of hydrogen-bond acceptors (Lipinski definition) is 4. The average molecular weight is 217 g/mol. The number of methoxy groups -OCH3 is 1. The molecule has 0 bridgehead atoms. The number of rotatable bonds is 8. The number of nitrogens with one attached hydrogen (secondary N) is 1. The van der Waals surface area contributed by atoms with Crippen molar-refractivity contribution in [1.29, 1.82) is 5.41 Å². The highest BCUT2D eigenvalue weighted by Gasteiger charge is 1.99. The van der Waals surface area contributed by atoms with Crippen LogP contribution in [0.1, 0.15) is 20.3 Å². The Morgan fingerprint density at radius 3 is 2.50 bits per heavy atom. The highest BCUT2D eigenvalue weighted by Crippen LogP contribution is 2.20. The molecular weight excluding hydrogens is 198 g/mol. The minimum Gasteiger partial charge on any atom is -0.382 e. The van der Waals surface area contributed by atoms with E-state index in [9.17, 15) is 0 Å². The van der Waals surface area contributed by atoms with Crippen LogP contribution in [0.25, 0.3) is 0 Å². The molecule has 14 heavy (non-hydrogen) atoms. The van der Waals surface area contributed by atoms with E-state index in [4.69, 9.17) is 14.9 Å². The second kappa shape index (κ2) is 9.24. The SMILES string of the molecule is COCCOCCC(SC=N)=C(C)C. The topological polar surface area (TPSA) is 42.3 Å². The van der Waals surface area contributed by atoms with Crippen molar-refractivity contribution in [2.45, 2.75) is 20.3 Å². The first-order valence-electron chi connectivity index (χ1n) is 4.61. The molecule has 3 nitrogen and oxygen atoms in total. The van der Waals surface area contributed by atoms with Crippen molar-refractivity contribution in [3.63, 3.8) is 0 Å². The second-order valence-corrected chi connectivity index (χ2v) is 3.98.